The average Bonchev–Trinajstić information content (AvgIpc) is 3.25. The van der Waals surface area contributed by atoms with Crippen molar-refractivity contribution in [3.63, 3.8) is 0 Å². The van der Waals surface area contributed by atoms with Crippen LogP contribution in [0.15, 0.2) is 16.3 Å². The summed E-state index contributed by atoms with van der Waals surface area (Å²) in [6, 6.07) is 1.44. The van der Waals surface area contributed by atoms with Crippen molar-refractivity contribution in [2.75, 3.05) is 39.5 Å². The average molecular weight is 360 g/mol. The van der Waals surface area contributed by atoms with Crippen LogP contribution in [0.5, 0.6) is 0 Å². The van der Waals surface area contributed by atoms with E-state index in [1.54, 1.807) is 0 Å². The molecule has 0 radical (unpaired) electrons. The van der Waals surface area contributed by atoms with Gasteiger partial charge in [0.1, 0.15) is 0 Å². The Kier molecular flexibility index (Phi) is 5.32. The summed E-state index contributed by atoms with van der Waals surface area (Å²) in [4.78, 5) is 12.7. The number of nitrogens with zero attached hydrogens (tertiary/aromatic N) is 1. The highest BCUT2D eigenvalue weighted by Gasteiger charge is 2.28. The second-order valence-corrected chi connectivity index (χ2v) is 8.36. The van der Waals surface area contributed by atoms with Crippen molar-refractivity contribution in [3.05, 3.63) is 16.3 Å². The minimum Gasteiger partial charge on any atom is -0.379 e. The first-order chi connectivity index (χ1) is 11.1. The van der Waals surface area contributed by atoms with Crippen molar-refractivity contribution in [1.82, 2.24) is 9.62 Å². The fourth-order valence-corrected chi connectivity index (χ4v) is 5.19. The van der Waals surface area contributed by atoms with E-state index in [9.17, 15) is 13.2 Å². The fraction of sp³-hybridized carbons (Fsp3) is 0.643. The minimum atomic E-state index is -3.55. The van der Waals surface area contributed by atoms with Crippen LogP contribution in [0.3, 0.4) is 0 Å². The molecule has 0 saturated carbocycles. The molecule has 0 aliphatic carbocycles. The maximum atomic E-state index is 12.5. The van der Waals surface area contributed by atoms with Crippen LogP contribution >= 0.6 is 11.3 Å². The van der Waals surface area contributed by atoms with Gasteiger partial charge in [-0.05, 0) is 18.9 Å². The van der Waals surface area contributed by atoms with E-state index in [-0.39, 0.29) is 16.9 Å². The molecule has 3 heterocycles. The molecule has 9 heteroatoms. The molecule has 0 spiro atoms. The van der Waals surface area contributed by atoms with Crippen molar-refractivity contribution in [2.24, 2.45) is 0 Å². The van der Waals surface area contributed by atoms with Gasteiger partial charge < -0.3 is 14.8 Å². The van der Waals surface area contributed by atoms with Gasteiger partial charge in [0.05, 0.1) is 29.1 Å². The maximum Gasteiger partial charge on any atom is 0.261 e. The quantitative estimate of drug-likeness (QED) is 0.835. The Balaban J connectivity index is 1.63. The van der Waals surface area contributed by atoms with Crippen LogP contribution < -0.4 is 5.32 Å². The molecule has 2 fully saturated rings. The molecule has 1 amide bonds. The lowest BCUT2D eigenvalue weighted by Gasteiger charge is -2.25. The van der Waals surface area contributed by atoms with Crippen molar-refractivity contribution >= 4 is 27.3 Å². The SMILES string of the molecule is O=C(NC[C@H]1CCCO1)c1cc(S(=O)(=O)N2CCOCC2)cs1. The number of morpholine rings is 1. The summed E-state index contributed by atoms with van der Waals surface area (Å²) in [7, 11) is -3.55. The number of hydrogen-bond acceptors (Lipinski definition) is 6. The van der Waals surface area contributed by atoms with Gasteiger partial charge in [-0.1, -0.05) is 0 Å². The first kappa shape index (κ1) is 16.8. The maximum absolute atomic E-state index is 12.5. The Morgan fingerprint density at radius 2 is 2.13 bits per heavy atom. The van der Waals surface area contributed by atoms with E-state index in [0.717, 1.165) is 30.8 Å². The monoisotopic (exact) mass is 360 g/mol. The lowest BCUT2D eigenvalue weighted by Crippen LogP contribution is -2.40. The summed E-state index contributed by atoms with van der Waals surface area (Å²) in [6.45, 7) is 2.69. The first-order valence-electron chi connectivity index (χ1n) is 7.63. The number of carbonyl (C=O) groups excluding carboxylic acids is 1. The summed E-state index contributed by atoms with van der Waals surface area (Å²) in [5.41, 5.74) is 0. The third-order valence-corrected chi connectivity index (χ3v) is 6.88. The zero-order chi connectivity index (χ0) is 16.3. The summed E-state index contributed by atoms with van der Waals surface area (Å²) in [6.07, 6.45) is 2.03. The van der Waals surface area contributed by atoms with Crippen LogP contribution in [0.4, 0.5) is 0 Å². The normalized spacial score (nSPS) is 23.0. The molecule has 2 aliphatic heterocycles. The number of hydrogen-bond donors (Lipinski definition) is 1. The number of nitrogens with one attached hydrogen (secondary N) is 1. The molecule has 23 heavy (non-hydrogen) atoms. The topological polar surface area (TPSA) is 84.9 Å². The van der Waals surface area contributed by atoms with Gasteiger partial charge >= 0.3 is 0 Å². The summed E-state index contributed by atoms with van der Waals surface area (Å²) in [5, 5.41) is 4.32. The Labute approximate surface area is 139 Å². The van der Waals surface area contributed by atoms with Crippen LogP contribution in [-0.2, 0) is 19.5 Å². The minimum absolute atomic E-state index is 0.0652. The number of sulfonamides is 1. The first-order valence-corrected chi connectivity index (χ1v) is 9.95. The molecule has 3 rings (SSSR count). The molecular weight excluding hydrogens is 340 g/mol. The second kappa shape index (κ2) is 7.27. The molecule has 1 aromatic rings. The smallest absolute Gasteiger partial charge is 0.261 e. The third-order valence-electron chi connectivity index (χ3n) is 3.92. The van der Waals surface area contributed by atoms with Crippen molar-refractivity contribution in [1.29, 1.82) is 0 Å². The highest BCUT2D eigenvalue weighted by Crippen LogP contribution is 2.23. The van der Waals surface area contributed by atoms with Crippen molar-refractivity contribution in [2.45, 2.75) is 23.8 Å². The fourth-order valence-electron chi connectivity index (χ4n) is 2.61. The highest BCUT2D eigenvalue weighted by molar-refractivity contribution is 7.89. The summed E-state index contributed by atoms with van der Waals surface area (Å²) < 4.78 is 37.1. The molecule has 1 N–H and O–H groups in total. The Morgan fingerprint density at radius 3 is 2.83 bits per heavy atom. The summed E-state index contributed by atoms with van der Waals surface area (Å²) >= 11 is 1.14. The van der Waals surface area contributed by atoms with Gasteiger partial charge in [0.2, 0.25) is 10.0 Å². The van der Waals surface area contributed by atoms with Gasteiger partial charge in [-0.15, -0.1) is 11.3 Å². The summed E-state index contributed by atoms with van der Waals surface area (Å²) in [5.74, 6) is -0.256. The van der Waals surface area contributed by atoms with Gasteiger partial charge in [0.15, 0.2) is 0 Å². The molecule has 128 valence electrons. The molecule has 2 aliphatic rings. The third kappa shape index (κ3) is 3.92. The Hall–Kier alpha value is -1.00. The second-order valence-electron chi connectivity index (χ2n) is 5.51. The number of rotatable bonds is 5. The molecule has 0 unspecified atom stereocenters. The number of thiophene rings is 1. The lowest BCUT2D eigenvalue weighted by atomic mass is 10.2. The van der Waals surface area contributed by atoms with E-state index in [4.69, 9.17) is 9.47 Å². The Bertz CT molecular complexity index is 646. The zero-order valence-electron chi connectivity index (χ0n) is 12.7. The molecule has 7 nitrogen and oxygen atoms in total. The van der Waals surface area contributed by atoms with Gasteiger partial charge in [0, 0.05) is 31.6 Å². The van der Waals surface area contributed by atoms with Crippen molar-refractivity contribution < 1.29 is 22.7 Å². The Morgan fingerprint density at radius 1 is 1.35 bits per heavy atom. The van der Waals surface area contributed by atoms with Crippen molar-refractivity contribution in [3.8, 4) is 0 Å². The molecule has 2 saturated heterocycles. The number of carbonyl (C=O) groups is 1. The van der Waals surface area contributed by atoms with E-state index in [0.29, 0.717) is 37.7 Å². The van der Waals surface area contributed by atoms with E-state index in [1.165, 1.54) is 15.8 Å². The van der Waals surface area contributed by atoms with Crippen LogP contribution in [0.25, 0.3) is 0 Å². The predicted molar refractivity (Wildman–Crippen MR) is 85.2 cm³/mol. The zero-order valence-corrected chi connectivity index (χ0v) is 14.3. The number of ether oxygens (including phenoxy) is 2. The van der Waals surface area contributed by atoms with Crippen LogP contribution in [0.2, 0.25) is 0 Å². The van der Waals surface area contributed by atoms with Crippen LogP contribution in [0, 0.1) is 0 Å². The standard InChI is InChI=1S/C14H20N2O5S2/c17-14(15-9-11-2-1-5-21-11)13-8-12(10-22-13)23(18,19)16-3-6-20-7-4-16/h8,10-11H,1-7,9H2,(H,15,17)/t11-/m1/s1. The van der Waals surface area contributed by atoms with E-state index in [2.05, 4.69) is 5.32 Å². The molecule has 1 aromatic heterocycles. The van der Waals surface area contributed by atoms with Gasteiger partial charge in [-0.2, -0.15) is 4.31 Å². The van der Waals surface area contributed by atoms with Gasteiger partial charge in [-0.25, -0.2) is 8.42 Å². The van der Waals surface area contributed by atoms with Gasteiger partial charge in [0.25, 0.3) is 5.91 Å². The highest BCUT2D eigenvalue weighted by atomic mass is 32.2. The van der Waals surface area contributed by atoms with E-state index < -0.39 is 10.0 Å². The molecular formula is C14H20N2O5S2. The van der Waals surface area contributed by atoms with E-state index >= 15 is 0 Å². The largest absolute Gasteiger partial charge is 0.379 e. The lowest BCUT2D eigenvalue weighted by molar-refractivity contribution is 0.0730. The van der Waals surface area contributed by atoms with Crippen LogP contribution in [-0.4, -0.2) is 64.2 Å². The molecule has 1 atom stereocenters. The molecule has 0 bridgehead atoms. The predicted octanol–water partition coefficient (Wildman–Crippen LogP) is 0.678. The van der Waals surface area contributed by atoms with Crippen LogP contribution in [0.1, 0.15) is 22.5 Å². The number of amides is 1. The van der Waals surface area contributed by atoms with E-state index in [1.807, 2.05) is 0 Å². The molecule has 0 aromatic carbocycles. The van der Waals surface area contributed by atoms with Gasteiger partial charge in [-0.3, -0.25) is 4.79 Å².